The van der Waals surface area contributed by atoms with E-state index in [9.17, 15) is 9.59 Å². The Balaban J connectivity index is 1.47. The van der Waals surface area contributed by atoms with Crippen molar-refractivity contribution in [1.29, 1.82) is 0 Å². The Morgan fingerprint density at radius 3 is 2.64 bits per heavy atom. The summed E-state index contributed by atoms with van der Waals surface area (Å²) in [5, 5.41) is 0. The summed E-state index contributed by atoms with van der Waals surface area (Å²) in [7, 11) is 0. The highest BCUT2D eigenvalue weighted by atomic mass is 16.5. The number of carbonyl (C=O) groups excluding carboxylic acids is 2. The second-order valence-corrected chi connectivity index (χ2v) is 9.68. The van der Waals surface area contributed by atoms with Gasteiger partial charge in [-0.1, -0.05) is 12.5 Å². The van der Waals surface area contributed by atoms with Crippen LogP contribution in [0.25, 0.3) is 0 Å². The summed E-state index contributed by atoms with van der Waals surface area (Å²) in [6, 6.07) is 0. The quantitative estimate of drug-likeness (QED) is 0.661. The van der Waals surface area contributed by atoms with Gasteiger partial charge < -0.3 is 4.74 Å². The maximum Gasteiger partial charge on any atom is 0.167 e. The van der Waals surface area contributed by atoms with E-state index in [1.807, 2.05) is 6.08 Å². The topological polar surface area (TPSA) is 43.4 Å². The van der Waals surface area contributed by atoms with Crippen LogP contribution in [0.15, 0.2) is 11.6 Å². The minimum absolute atomic E-state index is 0.0295. The van der Waals surface area contributed by atoms with Crippen LogP contribution in [0.5, 0.6) is 0 Å². The monoisotopic (exact) mass is 342 g/mol. The van der Waals surface area contributed by atoms with E-state index in [0.717, 1.165) is 50.4 Å². The molecule has 25 heavy (non-hydrogen) atoms. The highest BCUT2D eigenvalue weighted by Gasteiger charge is 2.68. The minimum Gasteiger partial charge on any atom is -0.363 e. The molecule has 1 heterocycles. The lowest BCUT2D eigenvalue weighted by molar-refractivity contribution is -0.162. The van der Waals surface area contributed by atoms with Crippen LogP contribution in [-0.4, -0.2) is 23.3 Å². The van der Waals surface area contributed by atoms with Crippen molar-refractivity contribution in [3.63, 3.8) is 0 Å². The molecule has 136 valence electrons. The molecule has 1 aliphatic heterocycles. The molecule has 3 heteroatoms. The van der Waals surface area contributed by atoms with Crippen molar-refractivity contribution < 1.29 is 14.3 Å². The lowest BCUT2D eigenvalue weighted by atomic mass is 9.50. The van der Waals surface area contributed by atoms with Gasteiger partial charge in [0.2, 0.25) is 0 Å². The number of fused-ring (bicyclic) bond motifs is 6. The smallest absolute Gasteiger partial charge is 0.167 e. The van der Waals surface area contributed by atoms with Gasteiger partial charge in [0.25, 0.3) is 0 Å². The molecule has 3 nitrogen and oxygen atoms in total. The fraction of sp³-hybridized carbons (Fsp3) is 0.818. The standard InChI is InChI=1S/C22H30O3/c1-13-11-20(24)22(25-13)10-8-19-18-5-3-14-12-15(23)4-6-16(14)17(18)7-9-21(19,22)2/h12-13,16-19H,3-11H2,1-2H3/t13-,16-,17+,18+,19-,21-,22+/m0/s1. The first-order valence-electron chi connectivity index (χ1n) is 10.4. The third-order valence-electron chi connectivity index (χ3n) is 8.75. The van der Waals surface area contributed by atoms with Gasteiger partial charge in [-0.3, -0.25) is 9.59 Å². The van der Waals surface area contributed by atoms with Gasteiger partial charge in [-0.15, -0.1) is 0 Å². The number of carbonyl (C=O) groups is 2. The molecule has 0 radical (unpaired) electrons. The summed E-state index contributed by atoms with van der Waals surface area (Å²) >= 11 is 0. The van der Waals surface area contributed by atoms with Gasteiger partial charge in [0, 0.05) is 18.3 Å². The number of hydrogen-bond acceptors (Lipinski definition) is 3. The molecule has 5 rings (SSSR count). The Labute approximate surface area is 150 Å². The van der Waals surface area contributed by atoms with Crippen LogP contribution in [0.3, 0.4) is 0 Å². The molecule has 0 aromatic rings. The van der Waals surface area contributed by atoms with Gasteiger partial charge >= 0.3 is 0 Å². The molecule has 0 aromatic carbocycles. The second kappa shape index (κ2) is 5.28. The molecule has 1 saturated heterocycles. The van der Waals surface area contributed by atoms with Gasteiger partial charge in [0.1, 0.15) is 5.60 Å². The van der Waals surface area contributed by atoms with Crippen molar-refractivity contribution in [3.05, 3.63) is 11.6 Å². The van der Waals surface area contributed by atoms with Gasteiger partial charge in [-0.05, 0) is 81.6 Å². The van der Waals surface area contributed by atoms with Crippen LogP contribution in [0.2, 0.25) is 0 Å². The molecule has 0 amide bonds. The summed E-state index contributed by atoms with van der Waals surface area (Å²) in [6.45, 7) is 4.43. The van der Waals surface area contributed by atoms with Crippen LogP contribution >= 0.6 is 0 Å². The zero-order valence-electron chi connectivity index (χ0n) is 15.6. The van der Waals surface area contributed by atoms with Crippen molar-refractivity contribution in [2.45, 2.75) is 83.3 Å². The molecule has 0 aromatic heterocycles. The summed E-state index contributed by atoms with van der Waals surface area (Å²) in [5.74, 6) is 3.43. The molecule has 7 atom stereocenters. The van der Waals surface area contributed by atoms with Crippen LogP contribution in [0.1, 0.15) is 71.6 Å². The van der Waals surface area contributed by atoms with E-state index >= 15 is 0 Å². The van der Waals surface area contributed by atoms with Crippen molar-refractivity contribution >= 4 is 11.6 Å². The Bertz CT molecular complexity index is 664. The molecule has 1 spiro atoms. The van der Waals surface area contributed by atoms with Crippen LogP contribution in [0, 0.1) is 29.1 Å². The van der Waals surface area contributed by atoms with Crippen LogP contribution in [-0.2, 0) is 14.3 Å². The summed E-state index contributed by atoms with van der Waals surface area (Å²) in [5.41, 5.74) is 0.984. The molecule has 5 aliphatic rings. The van der Waals surface area contributed by atoms with E-state index in [2.05, 4.69) is 13.8 Å². The van der Waals surface area contributed by atoms with Crippen molar-refractivity contribution in [1.82, 2.24) is 0 Å². The lowest BCUT2D eigenvalue weighted by Crippen LogP contribution is -2.55. The summed E-state index contributed by atoms with van der Waals surface area (Å²) in [6.07, 6.45) is 11.2. The Kier molecular flexibility index (Phi) is 3.43. The molecule has 3 saturated carbocycles. The first-order chi connectivity index (χ1) is 11.9. The van der Waals surface area contributed by atoms with Gasteiger partial charge in [-0.2, -0.15) is 0 Å². The first-order valence-corrected chi connectivity index (χ1v) is 10.4. The molecule has 0 unspecified atom stereocenters. The van der Waals surface area contributed by atoms with Crippen molar-refractivity contribution in [2.24, 2.45) is 29.1 Å². The minimum atomic E-state index is -0.485. The zero-order chi connectivity index (χ0) is 17.4. The molecular formula is C22H30O3. The average Bonchev–Trinajstić information content (AvgIpc) is 3.04. The van der Waals surface area contributed by atoms with E-state index in [1.165, 1.54) is 18.4 Å². The van der Waals surface area contributed by atoms with E-state index < -0.39 is 5.60 Å². The third-order valence-corrected chi connectivity index (χ3v) is 8.75. The largest absolute Gasteiger partial charge is 0.363 e. The van der Waals surface area contributed by atoms with E-state index in [0.29, 0.717) is 29.8 Å². The molecule has 0 N–H and O–H groups in total. The fourth-order valence-corrected chi connectivity index (χ4v) is 7.71. The Morgan fingerprint density at radius 1 is 1.04 bits per heavy atom. The van der Waals surface area contributed by atoms with Gasteiger partial charge in [0.05, 0.1) is 6.10 Å². The zero-order valence-corrected chi connectivity index (χ0v) is 15.6. The summed E-state index contributed by atoms with van der Waals surface area (Å²) in [4.78, 5) is 24.7. The molecule has 0 bridgehead atoms. The second-order valence-electron chi connectivity index (χ2n) is 9.68. The van der Waals surface area contributed by atoms with Gasteiger partial charge in [-0.25, -0.2) is 0 Å². The Morgan fingerprint density at radius 2 is 1.88 bits per heavy atom. The molecule has 4 fully saturated rings. The van der Waals surface area contributed by atoms with Crippen LogP contribution < -0.4 is 0 Å². The third kappa shape index (κ3) is 2.02. The molecular weight excluding hydrogens is 312 g/mol. The fourth-order valence-electron chi connectivity index (χ4n) is 7.71. The maximum atomic E-state index is 12.9. The SMILES string of the molecule is C[C@H]1CC(=O)[C@@]2(CC[C@H]3[C@@H]4CCC5=CC(=O)CC[C@@H]5[C@H]4CC[C@@]32C)O1. The molecule has 4 aliphatic carbocycles. The van der Waals surface area contributed by atoms with E-state index in [4.69, 9.17) is 4.74 Å². The number of allylic oxidation sites excluding steroid dienone is 1. The Hall–Kier alpha value is -0.960. The average molecular weight is 342 g/mol. The number of ether oxygens (including phenoxy) is 1. The van der Waals surface area contributed by atoms with Gasteiger partial charge in [0.15, 0.2) is 11.6 Å². The van der Waals surface area contributed by atoms with E-state index in [1.54, 1.807) is 0 Å². The first kappa shape index (κ1) is 16.2. The highest BCUT2D eigenvalue weighted by Crippen LogP contribution is 2.67. The normalized spacial score (nSPS) is 51.9. The number of rotatable bonds is 0. The maximum absolute atomic E-state index is 12.9. The number of ketones is 2. The predicted octanol–water partition coefficient (Wildman–Crippen LogP) is 4.24. The summed E-state index contributed by atoms with van der Waals surface area (Å²) < 4.78 is 6.39. The van der Waals surface area contributed by atoms with Crippen molar-refractivity contribution in [3.8, 4) is 0 Å². The lowest BCUT2D eigenvalue weighted by Gasteiger charge is -2.55. The van der Waals surface area contributed by atoms with Crippen molar-refractivity contribution in [2.75, 3.05) is 0 Å². The van der Waals surface area contributed by atoms with E-state index in [-0.39, 0.29) is 11.5 Å². The van der Waals surface area contributed by atoms with Crippen LogP contribution in [0.4, 0.5) is 0 Å². The highest BCUT2D eigenvalue weighted by molar-refractivity contribution is 5.91. The number of hydrogen-bond donors (Lipinski definition) is 0. The predicted molar refractivity (Wildman–Crippen MR) is 95.0 cm³/mol. The number of Topliss-reactive ketones (excluding diaryl/α,β-unsaturated/α-hetero) is 1.